The Bertz CT molecular complexity index is 392. The first-order valence-electron chi connectivity index (χ1n) is 6.01. The topological polar surface area (TPSA) is 58.6 Å². The summed E-state index contributed by atoms with van der Waals surface area (Å²) in [4.78, 5) is 11.6. The molecule has 1 rings (SSSR count). The molecule has 4 nitrogen and oxygen atoms in total. The molecule has 0 fully saturated rings. The third-order valence-electron chi connectivity index (χ3n) is 2.40. The molecule has 0 saturated carbocycles. The molecule has 18 heavy (non-hydrogen) atoms. The second-order valence-corrected chi connectivity index (χ2v) is 5.27. The van der Waals surface area contributed by atoms with Gasteiger partial charge in [-0.1, -0.05) is 24.3 Å². The standard InChI is InChI=1S/C14H21NO3/c1-10(15-13(17)18-14(2,3)4)12-7-5-11(9-16)6-8-12/h5-8,10,16H,9H2,1-4H3,(H,15,17)/t10-/m1/s1. The van der Waals surface area contributed by atoms with E-state index < -0.39 is 11.7 Å². The summed E-state index contributed by atoms with van der Waals surface area (Å²) in [5.41, 5.74) is 1.33. The molecule has 1 atom stereocenters. The van der Waals surface area contributed by atoms with Crippen LogP contribution in [0.1, 0.15) is 44.9 Å². The van der Waals surface area contributed by atoms with E-state index in [-0.39, 0.29) is 12.6 Å². The number of benzene rings is 1. The van der Waals surface area contributed by atoms with Gasteiger partial charge in [0.25, 0.3) is 0 Å². The Morgan fingerprint density at radius 2 is 1.89 bits per heavy atom. The van der Waals surface area contributed by atoms with E-state index in [0.29, 0.717) is 0 Å². The maximum absolute atomic E-state index is 11.6. The number of nitrogens with one attached hydrogen (secondary N) is 1. The molecule has 0 saturated heterocycles. The fraction of sp³-hybridized carbons (Fsp3) is 0.500. The van der Waals surface area contributed by atoms with Crippen molar-refractivity contribution in [1.29, 1.82) is 0 Å². The fourth-order valence-electron chi connectivity index (χ4n) is 1.48. The quantitative estimate of drug-likeness (QED) is 0.868. The van der Waals surface area contributed by atoms with Gasteiger partial charge in [-0.05, 0) is 38.8 Å². The van der Waals surface area contributed by atoms with E-state index >= 15 is 0 Å². The van der Waals surface area contributed by atoms with Crippen LogP contribution >= 0.6 is 0 Å². The van der Waals surface area contributed by atoms with Gasteiger partial charge in [0.05, 0.1) is 12.6 Å². The molecular weight excluding hydrogens is 230 g/mol. The minimum atomic E-state index is -0.495. The number of ether oxygens (including phenoxy) is 1. The highest BCUT2D eigenvalue weighted by atomic mass is 16.6. The first-order valence-corrected chi connectivity index (χ1v) is 6.01. The summed E-state index contributed by atoms with van der Waals surface area (Å²) in [6, 6.07) is 7.31. The van der Waals surface area contributed by atoms with Gasteiger partial charge in [0, 0.05) is 0 Å². The zero-order valence-electron chi connectivity index (χ0n) is 11.4. The van der Waals surface area contributed by atoms with Crippen molar-refractivity contribution in [2.45, 2.75) is 45.9 Å². The third-order valence-corrected chi connectivity index (χ3v) is 2.40. The van der Waals surface area contributed by atoms with Crippen LogP contribution in [0.2, 0.25) is 0 Å². The second-order valence-electron chi connectivity index (χ2n) is 5.27. The Balaban J connectivity index is 2.59. The Morgan fingerprint density at radius 3 is 2.33 bits per heavy atom. The number of amides is 1. The van der Waals surface area contributed by atoms with Crippen LogP contribution in [0, 0.1) is 0 Å². The highest BCUT2D eigenvalue weighted by molar-refractivity contribution is 5.68. The van der Waals surface area contributed by atoms with E-state index in [9.17, 15) is 4.79 Å². The van der Waals surface area contributed by atoms with Crippen LogP contribution in [-0.4, -0.2) is 16.8 Å². The molecule has 0 unspecified atom stereocenters. The van der Waals surface area contributed by atoms with Crippen LogP contribution in [0.4, 0.5) is 4.79 Å². The van der Waals surface area contributed by atoms with Crippen LogP contribution in [0.25, 0.3) is 0 Å². The number of carbonyl (C=O) groups excluding carboxylic acids is 1. The van der Waals surface area contributed by atoms with Crippen molar-refractivity contribution in [2.75, 3.05) is 0 Å². The van der Waals surface area contributed by atoms with Crippen LogP contribution in [0.5, 0.6) is 0 Å². The molecular formula is C14H21NO3. The van der Waals surface area contributed by atoms with Gasteiger partial charge in [-0.3, -0.25) is 0 Å². The molecule has 0 spiro atoms. The lowest BCUT2D eigenvalue weighted by molar-refractivity contribution is 0.0508. The van der Waals surface area contributed by atoms with Crippen molar-refractivity contribution in [1.82, 2.24) is 5.32 Å². The summed E-state index contributed by atoms with van der Waals surface area (Å²) in [6.07, 6.45) is -0.429. The van der Waals surface area contributed by atoms with Crippen LogP contribution < -0.4 is 5.32 Å². The van der Waals surface area contributed by atoms with Gasteiger partial charge in [-0.15, -0.1) is 0 Å². The van der Waals surface area contributed by atoms with E-state index in [4.69, 9.17) is 9.84 Å². The zero-order valence-corrected chi connectivity index (χ0v) is 11.4. The minimum absolute atomic E-state index is 0.0220. The van der Waals surface area contributed by atoms with E-state index in [1.54, 1.807) is 0 Å². The monoisotopic (exact) mass is 251 g/mol. The molecule has 0 aliphatic rings. The summed E-state index contributed by atoms with van der Waals surface area (Å²) in [6.45, 7) is 7.39. The van der Waals surface area contributed by atoms with Gasteiger partial charge in [0.1, 0.15) is 5.60 Å². The summed E-state index contributed by atoms with van der Waals surface area (Å²) in [7, 11) is 0. The maximum atomic E-state index is 11.6. The van der Waals surface area contributed by atoms with Crippen molar-refractivity contribution in [3.05, 3.63) is 35.4 Å². The smallest absolute Gasteiger partial charge is 0.408 e. The molecule has 1 aromatic carbocycles. The fourth-order valence-corrected chi connectivity index (χ4v) is 1.48. The molecule has 0 aliphatic carbocycles. The van der Waals surface area contributed by atoms with Crippen molar-refractivity contribution < 1.29 is 14.6 Å². The molecule has 0 bridgehead atoms. The SMILES string of the molecule is C[C@@H](NC(=O)OC(C)(C)C)c1ccc(CO)cc1. The number of aliphatic hydroxyl groups is 1. The van der Waals surface area contributed by atoms with Gasteiger partial charge in [-0.2, -0.15) is 0 Å². The van der Waals surface area contributed by atoms with E-state index in [0.717, 1.165) is 11.1 Å². The second kappa shape index (κ2) is 5.87. The first kappa shape index (κ1) is 14.5. The molecule has 2 N–H and O–H groups in total. The largest absolute Gasteiger partial charge is 0.444 e. The zero-order chi connectivity index (χ0) is 13.8. The average molecular weight is 251 g/mol. The lowest BCUT2D eigenvalue weighted by Crippen LogP contribution is -2.34. The van der Waals surface area contributed by atoms with Crippen molar-refractivity contribution in [3.8, 4) is 0 Å². The number of aliphatic hydroxyl groups excluding tert-OH is 1. The van der Waals surface area contributed by atoms with E-state index in [1.165, 1.54) is 0 Å². The van der Waals surface area contributed by atoms with Gasteiger partial charge in [0.15, 0.2) is 0 Å². The summed E-state index contributed by atoms with van der Waals surface area (Å²) >= 11 is 0. The van der Waals surface area contributed by atoms with E-state index in [1.807, 2.05) is 52.0 Å². The molecule has 0 aliphatic heterocycles. The van der Waals surface area contributed by atoms with E-state index in [2.05, 4.69) is 5.32 Å². The number of hydrogen-bond acceptors (Lipinski definition) is 3. The highest BCUT2D eigenvalue weighted by Gasteiger charge is 2.18. The summed E-state index contributed by atoms with van der Waals surface area (Å²) < 4.78 is 5.18. The molecule has 0 heterocycles. The predicted octanol–water partition coefficient (Wildman–Crippen LogP) is 2.76. The van der Waals surface area contributed by atoms with Crippen molar-refractivity contribution >= 4 is 6.09 Å². The Labute approximate surface area is 108 Å². The van der Waals surface area contributed by atoms with Gasteiger partial charge >= 0.3 is 6.09 Å². The first-order chi connectivity index (χ1) is 8.31. The maximum Gasteiger partial charge on any atom is 0.408 e. The van der Waals surface area contributed by atoms with Gasteiger partial charge in [-0.25, -0.2) is 4.79 Å². The van der Waals surface area contributed by atoms with Gasteiger partial charge < -0.3 is 15.2 Å². The minimum Gasteiger partial charge on any atom is -0.444 e. The van der Waals surface area contributed by atoms with Crippen molar-refractivity contribution in [2.24, 2.45) is 0 Å². The summed E-state index contributed by atoms with van der Waals surface area (Å²) in [5, 5.41) is 11.7. The number of carbonyl (C=O) groups is 1. The Morgan fingerprint density at radius 1 is 1.33 bits per heavy atom. The van der Waals surface area contributed by atoms with Crippen molar-refractivity contribution in [3.63, 3.8) is 0 Å². The number of alkyl carbamates (subject to hydrolysis) is 1. The molecule has 0 radical (unpaired) electrons. The normalized spacial score (nSPS) is 12.9. The van der Waals surface area contributed by atoms with Gasteiger partial charge in [0.2, 0.25) is 0 Å². The third kappa shape index (κ3) is 4.75. The van der Waals surface area contributed by atoms with Crippen LogP contribution in [-0.2, 0) is 11.3 Å². The Kier molecular flexibility index (Phi) is 4.73. The lowest BCUT2D eigenvalue weighted by atomic mass is 10.1. The molecule has 1 aromatic rings. The lowest BCUT2D eigenvalue weighted by Gasteiger charge is -2.22. The molecule has 4 heteroatoms. The molecule has 0 aromatic heterocycles. The van der Waals surface area contributed by atoms with Crippen LogP contribution in [0.15, 0.2) is 24.3 Å². The Hall–Kier alpha value is -1.55. The predicted molar refractivity (Wildman–Crippen MR) is 70.1 cm³/mol. The van der Waals surface area contributed by atoms with Crippen LogP contribution in [0.3, 0.4) is 0 Å². The average Bonchev–Trinajstić information content (AvgIpc) is 2.26. The number of rotatable bonds is 3. The summed E-state index contributed by atoms with van der Waals surface area (Å²) in [5.74, 6) is 0. The molecule has 100 valence electrons. The molecule has 1 amide bonds. The highest BCUT2D eigenvalue weighted by Crippen LogP contribution is 2.15. The number of hydrogen-bond donors (Lipinski definition) is 2.